The number of aromatic nitrogens is 1. The van der Waals surface area contributed by atoms with Crippen LogP contribution in [0.15, 0.2) is 52.5 Å². The lowest BCUT2D eigenvalue weighted by Crippen LogP contribution is -2.12. The molecule has 1 unspecified atom stereocenters. The van der Waals surface area contributed by atoms with Crippen molar-refractivity contribution >= 4 is 23.4 Å². The summed E-state index contributed by atoms with van der Waals surface area (Å²) in [5.74, 6) is 0. The standard InChI is InChI=1S/C14H15ClN2S/c1-10(16-2)11-7-8-17-14(9-11)18-13-5-3-12(15)4-6-13/h3-10,16H,1-2H3. The highest BCUT2D eigenvalue weighted by Crippen LogP contribution is 2.28. The molecule has 1 aromatic carbocycles. The maximum Gasteiger partial charge on any atom is 0.101 e. The Bertz CT molecular complexity index is 513. The summed E-state index contributed by atoms with van der Waals surface area (Å²) < 4.78 is 0. The van der Waals surface area contributed by atoms with Gasteiger partial charge in [-0.05, 0) is 55.9 Å². The van der Waals surface area contributed by atoms with Gasteiger partial charge in [-0.15, -0.1) is 0 Å². The molecular formula is C14H15ClN2S. The molecule has 0 spiro atoms. The van der Waals surface area contributed by atoms with Gasteiger partial charge in [-0.3, -0.25) is 0 Å². The molecule has 2 aromatic rings. The molecule has 0 bridgehead atoms. The second kappa shape index (κ2) is 6.23. The molecule has 0 radical (unpaired) electrons. The normalized spacial score (nSPS) is 12.4. The lowest BCUT2D eigenvalue weighted by molar-refractivity contribution is 0.649. The summed E-state index contributed by atoms with van der Waals surface area (Å²) in [6.45, 7) is 2.13. The van der Waals surface area contributed by atoms with Gasteiger partial charge in [0.25, 0.3) is 0 Å². The maximum atomic E-state index is 5.87. The third kappa shape index (κ3) is 3.48. The zero-order valence-electron chi connectivity index (χ0n) is 10.4. The third-order valence-electron chi connectivity index (χ3n) is 2.73. The average Bonchev–Trinajstić information content (AvgIpc) is 2.41. The maximum absolute atomic E-state index is 5.87. The van der Waals surface area contributed by atoms with Gasteiger partial charge in [0.05, 0.1) is 0 Å². The van der Waals surface area contributed by atoms with Crippen molar-refractivity contribution in [2.75, 3.05) is 7.05 Å². The summed E-state index contributed by atoms with van der Waals surface area (Å²) in [5, 5.41) is 4.98. The molecule has 18 heavy (non-hydrogen) atoms. The third-order valence-corrected chi connectivity index (χ3v) is 3.92. The quantitative estimate of drug-likeness (QED) is 0.909. The van der Waals surface area contributed by atoms with E-state index in [2.05, 4.69) is 23.3 Å². The molecule has 0 saturated carbocycles. The molecule has 2 nitrogen and oxygen atoms in total. The number of hydrogen-bond acceptors (Lipinski definition) is 3. The fraction of sp³-hybridized carbons (Fsp3) is 0.214. The van der Waals surface area contributed by atoms with Crippen LogP contribution in [0.4, 0.5) is 0 Å². The van der Waals surface area contributed by atoms with Crippen LogP contribution in [-0.4, -0.2) is 12.0 Å². The molecule has 4 heteroatoms. The van der Waals surface area contributed by atoms with Crippen LogP contribution in [-0.2, 0) is 0 Å². The lowest BCUT2D eigenvalue weighted by atomic mass is 10.1. The molecule has 0 amide bonds. The predicted molar refractivity (Wildman–Crippen MR) is 77.3 cm³/mol. The highest BCUT2D eigenvalue weighted by atomic mass is 35.5. The Balaban J connectivity index is 2.16. The SMILES string of the molecule is CNC(C)c1ccnc(Sc2ccc(Cl)cc2)c1. The van der Waals surface area contributed by atoms with Gasteiger partial charge in [0.15, 0.2) is 0 Å². The van der Waals surface area contributed by atoms with E-state index in [0.29, 0.717) is 6.04 Å². The van der Waals surface area contributed by atoms with Crippen LogP contribution >= 0.6 is 23.4 Å². The van der Waals surface area contributed by atoms with Gasteiger partial charge in [-0.25, -0.2) is 4.98 Å². The van der Waals surface area contributed by atoms with Gasteiger partial charge in [0.1, 0.15) is 5.03 Å². The number of rotatable bonds is 4. The van der Waals surface area contributed by atoms with E-state index >= 15 is 0 Å². The minimum atomic E-state index is 0.331. The van der Waals surface area contributed by atoms with Crippen LogP contribution in [0, 0.1) is 0 Å². The molecule has 0 aliphatic rings. The second-order valence-corrected chi connectivity index (χ2v) is 5.52. The smallest absolute Gasteiger partial charge is 0.101 e. The van der Waals surface area contributed by atoms with Gasteiger partial charge < -0.3 is 5.32 Å². The van der Waals surface area contributed by atoms with E-state index in [0.717, 1.165) is 14.9 Å². The molecule has 1 heterocycles. The molecular weight excluding hydrogens is 264 g/mol. The molecule has 94 valence electrons. The lowest BCUT2D eigenvalue weighted by Gasteiger charge is -2.11. The van der Waals surface area contributed by atoms with Crippen molar-refractivity contribution in [2.45, 2.75) is 22.9 Å². The molecule has 2 rings (SSSR count). The van der Waals surface area contributed by atoms with Gasteiger partial charge in [-0.2, -0.15) is 0 Å². The van der Waals surface area contributed by atoms with Gasteiger partial charge in [0, 0.05) is 22.2 Å². The second-order valence-electron chi connectivity index (χ2n) is 3.99. The molecule has 0 aliphatic carbocycles. The van der Waals surface area contributed by atoms with E-state index in [1.807, 2.05) is 43.6 Å². The zero-order chi connectivity index (χ0) is 13.0. The van der Waals surface area contributed by atoms with Crippen molar-refractivity contribution in [1.29, 1.82) is 0 Å². The number of nitrogens with one attached hydrogen (secondary N) is 1. The first kappa shape index (κ1) is 13.4. The summed E-state index contributed by atoms with van der Waals surface area (Å²) in [5.41, 5.74) is 1.24. The number of nitrogens with zero attached hydrogens (tertiary/aromatic N) is 1. The van der Waals surface area contributed by atoms with Crippen molar-refractivity contribution in [3.8, 4) is 0 Å². The minimum Gasteiger partial charge on any atom is -0.313 e. The van der Waals surface area contributed by atoms with E-state index in [-0.39, 0.29) is 0 Å². The van der Waals surface area contributed by atoms with Gasteiger partial charge in [0.2, 0.25) is 0 Å². The molecule has 1 aromatic heterocycles. The van der Waals surface area contributed by atoms with Crippen molar-refractivity contribution in [1.82, 2.24) is 10.3 Å². The molecule has 1 N–H and O–H groups in total. The van der Waals surface area contributed by atoms with E-state index in [4.69, 9.17) is 11.6 Å². The molecule has 0 fully saturated rings. The summed E-state index contributed by atoms with van der Waals surface area (Å²) >= 11 is 7.51. The molecule has 0 aliphatic heterocycles. The fourth-order valence-corrected chi connectivity index (χ4v) is 2.49. The molecule has 0 saturated heterocycles. The van der Waals surface area contributed by atoms with Crippen molar-refractivity contribution in [3.63, 3.8) is 0 Å². The summed E-state index contributed by atoms with van der Waals surface area (Å²) in [6.07, 6.45) is 1.85. The highest BCUT2D eigenvalue weighted by molar-refractivity contribution is 7.99. The summed E-state index contributed by atoms with van der Waals surface area (Å²) in [7, 11) is 1.96. The van der Waals surface area contributed by atoms with Crippen molar-refractivity contribution in [3.05, 3.63) is 53.2 Å². The van der Waals surface area contributed by atoms with E-state index < -0.39 is 0 Å². The van der Waals surface area contributed by atoms with Crippen LogP contribution in [0.25, 0.3) is 0 Å². The predicted octanol–water partition coefficient (Wildman–Crippen LogP) is 4.17. The topological polar surface area (TPSA) is 24.9 Å². The van der Waals surface area contributed by atoms with Crippen LogP contribution in [0.5, 0.6) is 0 Å². The Kier molecular flexibility index (Phi) is 4.64. The van der Waals surface area contributed by atoms with Crippen LogP contribution < -0.4 is 5.32 Å². The highest BCUT2D eigenvalue weighted by Gasteiger charge is 2.05. The van der Waals surface area contributed by atoms with Crippen molar-refractivity contribution < 1.29 is 0 Å². The first-order valence-corrected chi connectivity index (χ1v) is 6.95. The number of benzene rings is 1. The fourth-order valence-electron chi connectivity index (χ4n) is 1.54. The van der Waals surface area contributed by atoms with Gasteiger partial charge in [-0.1, -0.05) is 23.4 Å². The van der Waals surface area contributed by atoms with Crippen LogP contribution in [0.1, 0.15) is 18.5 Å². The van der Waals surface area contributed by atoms with Gasteiger partial charge >= 0.3 is 0 Å². The van der Waals surface area contributed by atoms with Crippen molar-refractivity contribution in [2.24, 2.45) is 0 Å². The first-order chi connectivity index (χ1) is 8.69. The monoisotopic (exact) mass is 278 g/mol. The van der Waals surface area contributed by atoms with E-state index in [9.17, 15) is 0 Å². The summed E-state index contributed by atoms with van der Waals surface area (Å²) in [4.78, 5) is 5.52. The number of halogens is 1. The average molecular weight is 279 g/mol. The number of pyridine rings is 1. The Morgan fingerprint density at radius 2 is 1.94 bits per heavy atom. The Hall–Kier alpha value is -1.03. The minimum absolute atomic E-state index is 0.331. The Morgan fingerprint density at radius 1 is 1.22 bits per heavy atom. The molecule has 1 atom stereocenters. The summed E-state index contributed by atoms with van der Waals surface area (Å²) in [6, 6.07) is 12.3. The largest absolute Gasteiger partial charge is 0.313 e. The first-order valence-electron chi connectivity index (χ1n) is 5.75. The van der Waals surface area contributed by atoms with Crippen LogP contribution in [0.2, 0.25) is 5.02 Å². The van der Waals surface area contributed by atoms with Crippen LogP contribution in [0.3, 0.4) is 0 Å². The Morgan fingerprint density at radius 3 is 2.61 bits per heavy atom. The van der Waals surface area contributed by atoms with E-state index in [1.165, 1.54) is 5.56 Å². The number of hydrogen-bond donors (Lipinski definition) is 1. The Labute approximate surface area is 117 Å². The zero-order valence-corrected chi connectivity index (χ0v) is 11.9. The van der Waals surface area contributed by atoms with E-state index in [1.54, 1.807) is 11.8 Å².